The third-order valence-electron chi connectivity index (χ3n) is 6.68. The molecular formula is C30H37N3O4S. The van der Waals surface area contributed by atoms with Crippen molar-refractivity contribution in [3.8, 4) is 0 Å². The average Bonchev–Trinajstić information content (AvgIpc) is 2.87. The van der Waals surface area contributed by atoms with Gasteiger partial charge in [-0.15, -0.1) is 0 Å². The van der Waals surface area contributed by atoms with Crippen LogP contribution >= 0.6 is 0 Å². The Balaban J connectivity index is 2.06. The molecule has 0 aromatic heterocycles. The van der Waals surface area contributed by atoms with Gasteiger partial charge in [0.1, 0.15) is 12.6 Å². The SMILES string of the molecule is CCNC(=O)[C@H](Cc1ccccc1)N(Cc1ccccc1C)C(=O)CN(c1ccc(C)c(C)c1)S(C)(=O)=O. The molecule has 1 N–H and O–H groups in total. The summed E-state index contributed by atoms with van der Waals surface area (Å²) >= 11 is 0. The summed E-state index contributed by atoms with van der Waals surface area (Å²) in [6, 6.07) is 21.7. The van der Waals surface area contributed by atoms with Crippen molar-refractivity contribution in [3.05, 3.63) is 101 Å². The standard InChI is InChI=1S/C30H37N3O4S/c1-6-31-30(35)28(19-25-13-8-7-9-14-25)32(20-26-15-11-10-12-23(26)3)29(34)21-33(38(5,36)37)27-17-16-22(2)24(4)18-27/h7-18,28H,6,19-21H2,1-5H3,(H,31,35)/t28-/m0/s1. The van der Waals surface area contributed by atoms with Gasteiger partial charge in [-0.05, 0) is 67.6 Å². The van der Waals surface area contributed by atoms with Gasteiger partial charge in [0.25, 0.3) is 0 Å². The third-order valence-corrected chi connectivity index (χ3v) is 7.82. The van der Waals surface area contributed by atoms with Crippen molar-refractivity contribution in [3.63, 3.8) is 0 Å². The normalized spacial score (nSPS) is 12.0. The van der Waals surface area contributed by atoms with Crippen molar-refractivity contribution in [1.82, 2.24) is 10.2 Å². The number of likely N-dealkylation sites (N-methyl/N-ethyl adjacent to an activating group) is 1. The van der Waals surface area contributed by atoms with Gasteiger partial charge < -0.3 is 10.2 Å². The minimum atomic E-state index is -3.79. The quantitative estimate of drug-likeness (QED) is 0.400. The molecule has 0 spiro atoms. The number of carbonyl (C=O) groups is 2. The Hall–Kier alpha value is -3.65. The third kappa shape index (κ3) is 7.44. The van der Waals surface area contributed by atoms with Crippen molar-refractivity contribution >= 4 is 27.5 Å². The monoisotopic (exact) mass is 535 g/mol. The van der Waals surface area contributed by atoms with E-state index >= 15 is 0 Å². The van der Waals surface area contributed by atoms with E-state index in [0.29, 0.717) is 18.7 Å². The zero-order chi connectivity index (χ0) is 27.9. The summed E-state index contributed by atoms with van der Waals surface area (Å²) in [5.74, 6) is -0.737. The molecule has 8 heteroatoms. The van der Waals surface area contributed by atoms with Gasteiger partial charge in [0.15, 0.2) is 0 Å². The van der Waals surface area contributed by atoms with Gasteiger partial charge in [-0.2, -0.15) is 0 Å². The Morgan fingerprint density at radius 2 is 1.53 bits per heavy atom. The number of rotatable bonds is 11. The lowest BCUT2D eigenvalue weighted by atomic mass is 10.0. The molecule has 0 unspecified atom stereocenters. The van der Waals surface area contributed by atoms with Crippen molar-refractivity contribution in [2.75, 3.05) is 23.7 Å². The highest BCUT2D eigenvalue weighted by Gasteiger charge is 2.33. The van der Waals surface area contributed by atoms with Gasteiger partial charge in [-0.1, -0.05) is 60.7 Å². The first-order valence-corrected chi connectivity index (χ1v) is 14.6. The Labute approximate surface area is 226 Å². The highest BCUT2D eigenvalue weighted by molar-refractivity contribution is 7.92. The summed E-state index contributed by atoms with van der Waals surface area (Å²) in [5, 5.41) is 2.87. The number of hydrogen-bond acceptors (Lipinski definition) is 4. The topological polar surface area (TPSA) is 86.8 Å². The van der Waals surface area contributed by atoms with Crippen LogP contribution < -0.4 is 9.62 Å². The molecule has 3 rings (SSSR count). The molecule has 0 aliphatic carbocycles. The fourth-order valence-electron chi connectivity index (χ4n) is 4.31. The second kappa shape index (κ2) is 12.7. The van der Waals surface area contributed by atoms with E-state index in [1.54, 1.807) is 12.1 Å². The maximum Gasteiger partial charge on any atom is 0.244 e. The summed E-state index contributed by atoms with van der Waals surface area (Å²) in [6.07, 6.45) is 1.39. The molecule has 0 saturated carbocycles. The molecule has 202 valence electrons. The maximum absolute atomic E-state index is 14.0. The molecule has 0 aliphatic heterocycles. The number of nitrogens with one attached hydrogen (secondary N) is 1. The zero-order valence-electron chi connectivity index (χ0n) is 22.8. The minimum Gasteiger partial charge on any atom is -0.355 e. The van der Waals surface area contributed by atoms with Crippen molar-refractivity contribution in [2.45, 2.75) is 46.7 Å². The number of nitrogens with zero attached hydrogens (tertiary/aromatic N) is 2. The molecule has 0 saturated heterocycles. The maximum atomic E-state index is 14.0. The minimum absolute atomic E-state index is 0.171. The van der Waals surface area contributed by atoms with Gasteiger partial charge >= 0.3 is 0 Å². The first-order valence-electron chi connectivity index (χ1n) is 12.7. The van der Waals surface area contributed by atoms with Crippen LogP contribution in [0, 0.1) is 20.8 Å². The second-order valence-corrected chi connectivity index (χ2v) is 11.5. The second-order valence-electron chi connectivity index (χ2n) is 9.59. The lowest BCUT2D eigenvalue weighted by Crippen LogP contribution is -2.53. The summed E-state index contributed by atoms with van der Waals surface area (Å²) in [7, 11) is -3.79. The van der Waals surface area contributed by atoms with E-state index in [1.807, 2.05) is 88.4 Å². The van der Waals surface area contributed by atoms with Crippen LogP contribution in [0.1, 0.15) is 34.7 Å². The summed E-state index contributed by atoms with van der Waals surface area (Å²) < 4.78 is 26.9. The zero-order valence-corrected chi connectivity index (χ0v) is 23.6. The van der Waals surface area contributed by atoms with Crippen LogP contribution in [-0.4, -0.2) is 50.5 Å². The van der Waals surface area contributed by atoms with Gasteiger partial charge in [-0.3, -0.25) is 13.9 Å². The number of amides is 2. The molecule has 1 atom stereocenters. The van der Waals surface area contributed by atoms with Crippen LogP contribution in [0.5, 0.6) is 0 Å². The van der Waals surface area contributed by atoms with Crippen LogP contribution in [0.25, 0.3) is 0 Å². The molecule has 3 aromatic carbocycles. The molecule has 0 aliphatic rings. The Bertz CT molecular complexity index is 1370. The van der Waals surface area contributed by atoms with E-state index < -0.39 is 28.5 Å². The number of aryl methyl sites for hydroxylation is 3. The molecule has 38 heavy (non-hydrogen) atoms. The Morgan fingerprint density at radius 3 is 2.13 bits per heavy atom. The smallest absolute Gasteiger partial charge is 0.244 e. The highest BCUT2D eigenvalue weighted by atomic mass is 32.2. The predicted octanol–water partition coefficient (Wildman–Crippen LogP) is 4.15. The predicted molar refractivity (Wildman–Crippen MR) is 152 cm³/mol. The molecular weight excluding hydrogens is 498 g/mol. The van der Waals surface area contributed by atoms with E-state index in [-0.39, 0.29) is 12.5 Å². The molecule has 0 bridgehead atoms. The van der Waals surface area contributed by atoms with E-state index in [1.165, 1.54) is 4.90 Å². The van der Waals surface area contributed by atoms with E-state index in [9.17, 15) is 18.0 Å². The molecule has 3 aromatic rings. The van der Waals surface area contributed by atoms with Crippen molar-refractivity contribution < 1.29 is 18.0 Å². The Kier molecular flexibility index (Phi) is 9.69. The van der Waals surface area contributed by atoms with Crippen molar-refractivity contribution in [1.29, 1.82) is 0 Å². The molecule has 0 radical (unpaired) electrons. The first-order chi connectivity index (χ1) is 18.0. The number of sulfonamides is 1. The lowest BCUT2D eigenvalue weighted by Gasteiger charge is -2.34. The number of benzene rings is 3. The number of anilines is 1. The van der Waals surface area contributed by atoms with E-state index in [0.717, 1.165) is 38.4 Å². The largest absolute Gasteiger partial charge is 0.355 e. The number of carbonyl (C=O) groups excluding carboxylic acids is 2. The summed E-state index contributed by atoms with van der Waals surface area (Å²) in [5.41, 5.74) is 5.13. The number of hydrogen-bond donors (Lipinski definition) is 1. The van der Waals surface area contributed by atoms with E-state index in [4.69, 9.17) is 0 Å². The summed E-state index contributed by atoms with van der Waals surface area (Å²) in [4.78, 5) is 28.9. The average molecular weight is 536 g/mol. The molecule has 7 nitrogen and oxygen atoms in total. The van der Waals surface area contributed by atoms with Crippen LogP contribution in [0.3, 0.4) is 0 Å². The van der Waals surface area contributed by atoms with Gasteiger partial charge in [0, 0.05) is 19.5 Å². The first kappa shape index (κ1) is 28.9. The van der Waals surface area contributed by atoms with Crippen LogP contribution in [0.2, 0.25) is 0 Å². The van der Waals surface area contributed by atoms with Crippen molar-refractivity contribution in [2.24, 2.45) is 0 Å². The van der Waals surface area contributed by atoms with Gasteiger partial charge in [-0.25, -0.2) is 8.42 Å². The molecule has 0 heterocycles. The molecule has 2 amide bonds. The van der Waals surface area contributed by atoms with E-state index in [2.05, 4.69) is 5.32 Å². The fourth-order valence-corrected chi connectivity index (χ4v) is 5.15. The van der Waals surface area contributed by atoms with Crippen LogP contribution in [0.15, 0.2) is 72.8 Å². The molecule has 0 fully saturated rings. The highest BCUT2D eigenvalue weighted by Crippen LogP contribution is 2.23. The van der Waals surface area contributed by atoms with Crippen LogP contribution in [-0.2, 0) is 32.6 Å². The summed E-state index contributed by atoms with van der Waals surface area (Å²) in [6.45, 7) is 7.79. The van der Waals surface area contributed by atoms with Gasteiger partial charge in [0.2, 0.25) is 21.8 Å². The van der Waals surface area contributed by atoms with Crippen LogP contribution in [0.4, 0.5) is 5.69 Å². The Morgan fingerprint density at radius 1 is 0.868 bits per heavy atom. The fraction of sp³-hybridized carbons (Fsp3) is 0.333. The van der Waals surface area contributed by atoms with Gasteiger partial charge in [0.05, 0.1) is 11.9 Å². The lowest BCUT2D eigenvalue weighted by molar-refractivity contribution is -0.140.